The van der Waals surface area contributed by atoms with Crippen LogP contribution in [-0.2, 0) is 0 Å². The van der Waals surface area contributed by atoms with Crippen molar-refractivity contribution >= 4 is 23.2 Å². The first-order valence-electron chi connectivity index (χ1n) is 10.4. The molecule has 2 aromatic carbocycles. The van der Waals surface area contributed by atoms with Gasteiger partial charge in [0.1, 0.15) is 11.5 Å². The fourth-order valence-electron chi connectivity index (χ4n) is 3.57. The van der Waals surface area contributed by atoms with Gasteiger partial charge in [-0.25, -0.2) is 9.78 Å². The number of thiazole rings is 1. The van der Waals surface area contributed by atoms with E-state index >= 15 is 0 Å². The monoisotopic (exact) mass is 455 g/mol. The van der Waals surface area contributed by atoms with Gasteiger partial charge in [-0.3, -0.25) is 5.32 Å². The van der Waals surface area contributed by atoms with Crippen LogP contribution in [0.3, 0.4) is 0 Å². The molecule has 5 aromatic rings. The van der Waals surface area contributed by atoms with Crippen molar-refractivity contribution in [2.75, 3.05) is 5.32 Å². The Kier molecular flexibility index (Phi) is 5.73. The van der Waals surface area contributed by atoms with E-state index in [2.05, 4.69) is 20.7 Å². The van der Waals surface area contributed by atoms with Gasteiger partial charge in [-0.05, 0) is 30.2 Å². The van der Waals surface area contributed by atoms with Crippen LogP contribution >= 0.6 is 11.3 Å². The van der Waals surface area contributed by atoms with Gasteiger partial charge < -0.3 is 9.73 Å². The Hall–Kier alpha value is -4.17. The molecule has 3 heterocycles. The Labute approximate surface area is 194 Å². The second-order valence-electron chi connectivity index (χ2n) is 7.43. The molecule has 0 aliphatic heterocycles. The topological polar surface area (TPSA) is 85.0 Å². The molecular formula is C25H21N5O2S. The molecule has 0 bridgehead atoms. The third-order valence-electron chi connectivity index (χ3n) is 5.06. The highest BCUT2D eigenvalue weighted by Gasteiger charge is 2.19. The first-order chi connectivity index (χ1) is 16.2. The van der Waals surface area contributed by atoms with E-state index in [-0.39, 0.29) is 12.1 Å². The zero-order valence-electron chi connectivity index (χ0n) is 17.8. The van der Waals surface area contributed by atoms with Gasteiger partial charge in [0.2, 0.25) is 5.13 Å². The Morgan fingerprint density at radius 3 is 2.33 bits per heavy atom. The summed E-state index contributed by atoms with van der Waals surface area (Å²) in [5, 5.41) is 13.1. The fraction of sp³-hybridized carbons (Fsp3) is 0.0800. The molecule has 0 saturated carbocycles. The van der Waals surface area contributed by atoms with Crippen molar-refractivity contribution in [3.8, 4) is 16.6 Å². The van der Waals surface area contributed by atoms with Gasteiger partial charge >= 0.3 is 6.03 Å². The van der Waals surface area contributed by atoms with Gasteiger partial charge in [0.15, 0.2) is 5.76 Å². The third-order valence-corrected chi connectivity index (χ3v) is 5.88. The summed E-state index contributed by atoms with van der Waals surface area (Å²) in [6.07, 6.45) is 1.61. The number of hydrogen-bond donors (Lipinski definition) is 2. The summed E-state index contributed by atoms with van der Waals surface area (Å²) >= 11 is 1.42. The number of benzene rings is 2. The second kappa shape index (κ2) is 9.13. The molecule has 0 unspecified atom stereocenters. The Balaban J connectivity index is 1.39. The van der Waals surface area contributed by atoms with Crippen LogP contribution in [0.25, 0.3) is 16.6 Å². The largest absolute Gasteiger partial charge is 0.463 e. The van der Waals surface area contributed by atoms with E-state index in [0.29, 0.717) is 16.7 Å². The third kappa shape index (κ3) is 4.56. The number of carbonyl (C=O) groups is 1. The van der Waals surface area contributed by atoms with E-state index in [4.69, 9.17) is 4.42 Å². The highest BCUT2D eigenvalue weighted by Crippen LogP contribution is 2.27. The standard InChI is InChI=1S/C25H21N5O2S/c1-17-15-22(30(29-17)25-26-20(16-33-25)21-13-8-14-32-21)27-24(31)28-23(18-9-4-2-5-10-18)19-11-6-3-7-12-19/h2-16,23H,1H3,(H2,27,28,31). The summed E-state index contributed by atoms with van der Waals surface area (Å²) in [4.78, 5) is 17.7. The van der Waals surface area contributed by atoms with E-state index in [0.717, 1.165) is 22.5 Å². The van der Waals surface area contributed by atoms with Crippen molar-refractivity contribution in [2.45, 2.75) is 13.0 Å². The van der Waals surface area contributed by atoms with Crippen molar-refractivity contribution < 1.29 is 9.21 Å². The minimum absolute atomic E-state index is 0.296. The number of rotatable bonds is 6. The van der Waals surface area contributed by atoms with Crippen molar-refractivity contribution in [2.24, 2.45) is 0 Å². The predicted molar refractivity (Wildman–Crippen MR) is 129 cm³/mol. The molecule has 2 N–H and O–H groups in total. The number of nitrogens with zero attached hydrogens (tertiary/aromatic N) is 3. The lowest BCUT2D eigenvalue weighted by molar-refractivity contribution is 0.250. The van der Waals surface area contributed by atoms with Crippen molar-refractivity contribution in [3.63, 3.8) is 0 Å². The summed E-state index contributed by atoms with van der Waals surface area (Å²) in [6.45, 7) is 1.87. The van der Waals surface area contributed by atoms with Crippen LogP contribution in [-0.4, -0.2) is 20.8 Å². The molecule has 33 heavy (non-hydrogen) atoms. The molecule has 7 nitrogen and oxygen atoms in total. The molecular weight excluding hydrogens is 434 g/mol. The molecule has 0 radical (unpaired) electrons. The lowest BCUT2D eigenvalue weighted by Crippen LogP contribution is -2.33. The van der Waals surface area contributed by atoms with Crippen LogP contribution in [0.1, 0.15) is 22.9 Å². The number of nitrogens with one attached hydrogen (secondary N) is 2. The first-order valence-corrected chi connectivity index (χ1v) is 11.3. The van der Waals surface area contributed by atoms with Crippen LogP contribution in [0, 0.1) is 6.92 Å². The molecule has 8 heteroatoms. The van der Waals surface area contributed by atoms with Crippen LogP contribution < -0.4 is 10.6 Å². The van der Waals surface area contributed by atoms with Crippen LogP contribution in [0.2, 0.25) is 0 Å². The second-order valence-corrected chi connectivity index (χ2v) is 8.26. The molecule has 5 rings (SSSR count). The molecule has 2 amide bonds. The summed E-state index contributed by atoms with van der Waals surface area (Å²) in [6, 6.07) is 24.6. The average Bonchev–Trinajstić information content (AvgIpc) is 3.60. The molecule has 3 aromatic heterocycles. The smallest absolute Gasteiger partial charge is 0.321 e. The Morgan fingerprint density at radius 2 is 1.70 bits per heavy atom. The van der Waals surface area contributed by atoms with E-state index in [9.17, 15) is 4.79 Å². The Bertz CT molecular complexity index is 1300. The number of carbonyl (C=O) groups excluding carboxylic acids is 1. The van der Waals surface area contributed by atoms with E-state index in [1.54, 1.807) is 10.9 Å². The number of aromatic nitrogens is 3. The van der Waals surface area contributed by atoms with Gasteiger partial charge in [-0.1, -0.05) is 60.7 Å². The normalized spacial score (nSPS) is 11.0. The first kappa shape index (κ1) is 20.7. The number of hydrogen-bond acceptors (Lipinski definition) is 5. The summed E-state index contributed by atoms with van der Waals surface area (Å²) in [5.74, 6) is 1.22. The molecule has 0 spiro atoms. The van der Waals surface area contributed by atoms with Crippen molar-refractivity contribution in [1.82, 2.24) is 20.1 Å². The molecule has 0 atom stereocenters. The van der Waals surface area contributed by atoms with Gasteiger partial charge in [0.05, 0.1) is 18.0 Å². The lowest BCUT2D eigenvalue weighted by Gasteiger charge is -2.20. The maximum Gasteiger partial charge on any atom is 0.321 e. The van der Waals surface area contributed by atoms with Crippen LogP contribution in [0.15, 0.2) is 94.9 Å². The summed E-state index contributed by atoms with van der Waals surface area (Å²) in [5.41, 5.74) is 3.47. The summed E-state index contributed by atoms with van der Waals surface area (Å²) < 4.78 is 7.06. The number of urea groups is 1. The van der Waals surface area contributed by atoms with Gasteiger partial charge in [0.25, 0.3) is 0 Å². The number of amides is 2. The van der Waals surface area contributed by atoms with Crippen LogP contribution in [0.4, 0.5) is 10.6 Å². The zero-order chi connectivity index (χ0) is 22.6. The highest BCUT2D eigenvalue weighted by atomic mass is 32.1. The molecule has 0 aliphatic carbocycles. The lowest BCUT2D eigenvalue weighted by atomic mass is 9.99. The molecule has 164 valence electrons. The van der Waals surface area contributed by atoms with E-state index in [1.165, 1.54) is 11.3 Å². The average molecular weight is 456 g/mol. The van der Waals surface area contributed by atoms with Crippen LogP contribution in [0.5, 0.6) is 0 Å². The number of anilines is 1. The van der Waals surface area contributed by atoms with E-state index in [1.807, 2.05) is 91.2 Å². The molecule has 0 fully saturated rings. The SMILES string of the molecule is Cc1cc(NC(=O)NC(c2ccccc2)c2ccccc2)n(-c2nc(-c3ccco3)cs2)n1. The van der Waals surface area contributed by atoms with Crippen molar-refractivity contribution in [1.29, 1.82) is 0 Å². The minimum atomic E-state index is -0.336. The zero-order valence-corrected chi connectivity index (χ0v) is 18.6. The maximum absolute atomic E-state index is 13.1. The Morgan fingerprint density at radius 1 is 1.00 bits per heavy atom. The summed E-state index contributed by atoms with van der Waals surface area (Å²) in [7, 11) is 0. The highest BCUT2D eigenvalue weighted by molar-refractivity contribution is 7.12. The van der Waals surface area contributed by atoms with Gasteiger partial charge in [-0.2, -0.15) is 9.78 Å². The fourth-order valence-corrected chi connectivity index (χ4v) is 4.34. The van der Waals surface area contributed by atoms with Gasteiger partial charge in [-0.15, -0.1) is 11.3 Å². The molecule has 0 saturated heterocycles. The van der Waals surface area contributed by atoms with Gasteiger partial charge in [0, 0.05) is 11.4 Å². The number of furan rings is 1. The predicted octanol–water partition coefficient (Wildman–Crippen LogP) is 5.81. The van der Waals surface area contributed by atoms with Crippen molar-refractivity contribution in [3.05, 3.63) is 107 Å². The maximum atomic E-state index is 13.1. The minimum Gasteiger partial charge on any atom is -0.463 e. The van der Waals surface area contributed by atoms with E-state index < -0.39 is 0 Å². The molecule has 0 aliphatic rings. The number of aryl methyl sites for hydroxylation is 1. The quantitative estimate of drug-likeness (QED) is 0.338.